The van der Waals surface area contributed by atoms with Crippen LogP contribution in [0, 0.1) is 11.8 Å². The predicted molar refractivity (Wildman–Crippen MR) is 106 cm³/mol. The van der Waals surface area contributed by atoms with Crippen LogP contribution in [-0.2, 0) is 27.2 Å². The number of aryl methyl sites for hydroxylation is 2. The molecule has 5 nitrogen and oxygen atoms in total. The topological polar surface area (TPSA) is 66.5 Å². The first-order chi connectivity index (χ1) is 13.5. The number of benzene rings is 1. The summed E-state index contributed by atoms with van der Waals surface area (Å²) in [5.74, 6) is -0.520. The molecule has 3 atom stereocenters. The number of nitrogens with one attached hydrogen (secondary N) is 1. The summed E-state index contributed by atoms with van der Waals surface area (Å²) >= 11 is 0. The van der Waals surface area contributed by atoms with Gasteiger partial charge in [-0.15, -0.1) is 0 Å². The van der Waals surface area contributed by atoms with E-state index in [0.29, 0.717) is 0 Å². The van der Waals surface area contributed by atoms with E-state index in [1.54, 1.807) is 0 Å². The van der Waals surface area contributed by atoms with Gasteiger partial charge in [-0.05, 0) is 62.1 Å². The summed E-state index contributed by atoms with van der Waals surface area (Å²) < 4.78 is 0. The van der Waals surface area contributed by atoms with Gasteiger partial charge in [-0.3, -0.25) is 19.3 Å². The molecule has 150 valence electrons. The van der Waals surface area contributed by atoms with Crippen LogP contribution >= 0.6 is 0 Å². The molecule has 1 saturated carbocycles. The van der Waals surface area contributed by atoms with Crippen molar-refractivity contribution in [1.82, 2.24) is 10.2 Å². The molecule has 0 radical (unpaired) electrons. The lowest BCUT2D eigenvalue weighted by atomic mass is 9.81. The molecule has 2 fully saturated rings. The third-order valence-electron chi connectivity index (χ3n) is 6.74. The number of amides is 3. The van der Waals surface area contributed by atoms with Crippen LogP contribution in [0.5, 0.6) is 0 Å². The molecule has 1 N–H and O–H groups in total. The average molecular weight is 383 g/mol. The van der Waals surface area contributed by atoms with E-state index < -0.39 is 0 Å². The molecule has 28 heavy (non-hydrogen) atoms. The summed E-state index contributed by atoms with van der Waals surface area (Å²) in [4.78, 5) is 38.8. The van der Waals surface area contributed by atoms with Crippen molar-refractivity contribution in [2.24, 2.45) is 11.8 Å². The molecule has 1 heterocycles. The molecule has 1 aliphatic heterocycles. The smallest absolute Gasteiger partial charge is 0.233 e. The second-order valence-electron chi connectivity index (χ2n) is 8.60. The fourth-order valence-corrected chi connectivity index (χ4v) is 5.08. The zero-order chi connectivity index (χ0) is 19.7. The zero-order valence-electron chi connectivity index (χ0n) is 16.7. The van der Waals surface area contributed by atoms with Crippen molar-refractivity contribution in [3.63, 3.8) is 0 Å². The molecular weight excluding hydrogens is 352 g/mol. The summed E-state index contributed by atoms with van der Waals surface area (Å²) in [6.07, 6.45) is 8.60. The molecule has 5 heteroatoms. The number of carbonyl (C=O) groups is 3. The molecule has 0 spiro atoms. The minimum atomic E-state index is -0.140. The molecular formula is C23H30N2O3. The summed E-state index contributed by atoms with van der Waals surface area (Å²) in [5, 5.41) is 3.03. The second kappa shape index (κ2) is 8.06. The van der Waals surface area contributed by atoms with Gasteiger partial charge in [-0.25, -0.2) is 0 Å². The van der Waals surface area contributed by atoms with Gasteiger partial charge in [-0.1, -0.05) is 31.0 Å². The first-order valence-electron chi connectivity index (χ1n) is 10.8. The number of likely N-dealkylation sites (tertiary alicyclic amines) is 1. The fourth-order valence-electron chi connectivity index (χ4n) is 5.08. The summed E-state index contributed by atoms with van der Waals surface area (Å²) in [6, 6.07) is 6.44. The average Bonchev–Trinajstić information content (AvgIpc) is 2.96. The molecule has 3 amide bonds. The van der Waals surface area contributed by atoms with E-state index in [-0.39, 0.29) is 48.6 Å². The molecule has 4 rings (SSSR count). The Labute approximate surface area is 166 Å². The van der Waals surface area contributed by atoms with Crippen LogP contribution in [0.1, 0.15) is 74.6 Å². The first-order valence-corrected chi connectivity index (χ1v) is 10.8. The van der Waals surface area contributed by atoms with Crippen molar-refractivity contribution >= 4 is 17.7 Å². The Balaban J connectivity index is 1.32. The van der Waals surface area contributed by atoms with Gasteiger partial charge in [0.25, 0.3) is 0 Å². The molecule has 1 aromatic rings. The van der Waals surface area contributed by atoms with Crippen LogP contribution in [0.3, 0.4) is 0 Å². The zero-order valence-corrected chi connectivity index (χ0v) is 16.7. The highest BCUT2D eigenvalue weighted by Crippen LogP contribution is 2.38. The number of hydrogen-bond acceptors (Lipinski definition) is 3. The highest BCUT2D eigenvalue weighted by Gasteiger charge is 2.47. The van der Waals surface area contributed by atoms with Crippen molar-refractivity contribution in [3.05, 3.63) is 34.9 Å². The number of fused-ring (bicyclic) bond motifs is 2. The van der Waals surface area contributed by atoms with Crippen LogP contribution in [0.25, 0.3) is 0 Å². The van der Waals surface area contributed by atoms with Crippen LogP contribution in [0.15, 0.2) is 18.2 Å². The SMILES string of the molecule is CC(NC(=O)CCN1C(=O)C2CCCCC2C1=O)c1ccc2c(c1)CCCC2. The number of carbonyl (C=O) groups excluding carboxylic acids is 3. The number of nitrogens with zero attached hydrogens (tertiary/aromatic N) is 1. The van der Waals surface area contributed by atoms with Gasteiger partial charge in [-0.2, -0.15) is 0 Å². The molecule has 1 aromatic carbocycles. The summed E-state index contributed by atoms with van der Waals surface area (Å²) in [6.45, 7) is 2.19. The lowest BCUT2D eigenvalue weighted by molar-refractivity contribution is -0.140. The standard InChI is InChI=1S/C23H30N2O3/c1-15(17-11-10-16-6-2-3-7-18(16)14-17)24-21(26)12-13-25-22(27)19-8-4-5-9-20(19)23(25)28/h10-11,14-15,19-20H,2-9,12-13H2,1H3,(H,24,26). The Morgan fingerprint density at radius 1 is 1.04 bits per heavy atom. The Hall–Kier alpha value is -2.17. The van der Waals surface area contributed by atoms with Gasteiger partial charge in [0, 0.05) is 13.0 Å². The third kappa shape index (κ3) is 3.71. The van der Waals surface area contributed by atoms with Crippen molar-refractivity contribution in [2.75, 3.05) is 6.54 Å². The molecule has 3 aliphatic rings. The Bertz CT molecular complexity index is 764. The maximum absolute atomic E-state index is 12.5. The van der Waals surface area contributed by atoms with Gasteiger partial charge in [0.15, 0.2) is 0 Å². The van der Waals surface area contributed by atoms with Crippen molar-refractivity contribution < 1.29 is 14.4 Å². The second-order valence-corrected chi connectivity index (χ2v) is 8.60. The van der Waals surface area contributed by atoms with Gasteiger partial charge in [0.05, 0.1) is 17.9 Å². The summed E-state index contributed by atoms with van der Waals surface area (Å²) in [7, 11) is 0. The summed E-state index contributed by atoms with van der Waals surface area (Å²) in [5.41, 5.74) is 3.95. The van der Waals surface area contributed by atoms with Gasteiger partial charge >= 0.3 is 0 Å². The minimum absolute atomic E-state index is 0.0646. The van der Waals surface area contributed by atoms with Crippen molar-refractivity contribution in [2.45, 2.75) is 70.8 Å². The Kier molecular flexibility index (Phi) is 5.51. The monoisotopic (exact) mass is 382 g/mol. The quantitative estimate of drug-likeness (QED) is 0.795. The van der Waals surface area contributed by atoms with Gasteiger partial charge in [0.1, 0.15) is 0 Å². The first kappa shape index (κ1) is 19.2. The Morgan fingerprint density at radius 3 is 2.36 bits per heavy atom. The maximum Gasteiger partial charge on any atom is 0.233 e. The fraction of sp³-hybridized carbons (Fsp3) is 0.609. The van der Waals surface area contributed by atoms with E-state index in [9.17, 15) is 14.4 Å². The third-order valence-corrected chi connectivity index (χ3v) is 6.74. The van der Waals surface area contributed by atoms with E-state index in [1.165, 1.54) is 28.9 Å². The van der Waals surface area contributed by atoms with E-state index >= 15 is 0 Å². The lowest BCUT2D eigenvalue weighted by Crippen LogP contribution is -2.36. The minimum Gasteiger partial charge on any atom is -0.350 e. The van der Waals surface area contributed by atoms with Crippen LogP contribution < -0.4 is 5.32 Å². The lowest BCUT2D eigenvalue weighted by Gasteiger charge is -2.20. The Morgan fingerprint density at radius 2 is 1.68 bits per heavy atom. The van der Waals surface area contributed by atoms with Crippen LogP contribution in [0.4, 0.5) is 0 Å². The number of rotatable bonds is 5. The van der Waals surface area contributed by atoms with E-state index in [0.717, 1.165) is 44.1 Å². The molecule has 0 bridgehead atoms. The van der Waals surface area contributed by atoms with Crippen molar-refractivity contribution in [3.8, 4) is 0 Å². The highest BCUT2D eigenvalue weighted by atomic mass is 16.2. The van der Waals surface area contributed by atoms with E-state index in [4.69, 9.17) is 0 Å². The van der Waals surface area contributed by atoms with Gasteiger partial charge in [0.2, 0.25) is 17.7 Å². The molecule has 2 aliphatic carbocycles. The number of imide groups is 1. The molecule has 1 saturated heterocycles. The van der Waals surface area contributed by atoms with Crippen LogP contribution in [0.2, 0.25) is 0 Å². The predicted octanol–water partition coefficient (Wildman–Crippen LogP) is 3.31. The highest BCUT2D eigenvalue weighted by molar-refractivity contribution is 6.05. The number of hydrogen-bond donors (Lipinski definition) is 1. The molecule has 0 aromatic heterocycles. The van der Waals surface area contributed by atoms with Crippen LogP contribution in [-0.4, -0.2) is 29.2 Å². The molecule has 3 unspecified atom stereocenters. The normalized spacial score (nSPS) is 25.2. The van der Waals surface area contributed by atoms with Crippen molar-refractivity contribution in [1.29, 1.82) is 0 Å². The largest absolute Gasteiger partial charge is 0.350 e. The maximum atomic E-state index is 12.5. The van der Waals surface area contributed by atoms with E-state index in [1.807, 2.05) is 6.92 Å². The van der Waals surface area contributed by atoms with E-state index in [2.05, 4.69) is 23.5 Å². The van der Waals surface area contributed by atoms with Gasteiger partial charge < -0.3 is 5.32 Å².